The van der Waals surface area contributed by atoms with Gasteiger partial charge in [0, 0.05) is 49.3 Å². The molecule has 8 nitrogen and oxygen atoms in total. The molecular weight excluding hydrogens is 425 g/mol. The van der Waals surface area contributed by atoms with Crippen molar-refractivity contribution in [3.8, 4) is 11.6 Å². The third kappa shape index (κ3) is 3.85. The van der Waals surface area contributed by atoms with E-state index in [1.54, 1.807) is 22.8 Å². The van der Waals surface area contributed by atoms with Gasteiger partial charge in [-0.3, -0.25) is 4.79 Å². The van der Waals surface area contributed by atoms with E-state index in [0.717, 1.165) is 49.1 Å². The van der Waals surface area contributed by atoms with Gasteiger partial charge >= 0.3 is 0 Å². The van der Waals surface area contributed by atoms with Crippen LogP contribution in [0.15, 0.2) is 35.1 Å². The molecule has 1 saturated heterocycles. The van der Waals surface area contributed by atoms with Crippen molar-refractivity contribution in [1.82, 2.24) is 25.0 Å². The van der Waals surface area contributed by atoms with Crippen LogP contribution < -0.4 is 20.3 Å². The van der Waals surface area contributed by atoms with E-state index in [1.807, 2.05) is 6.07 Å². The highest BCUT2D eigenvalue weighted by Gasteiger charge is 2.31. The summed E-state index contributed by atoms with van der Waals surface area (Å²) in [7, 11) is 0. The molecule has 1 fully saturated rings. The Bertz CT molecular complexity index is 1250. The summed E-state index contributed by atoms with van der Waals surface area (Å²) in [6, 6.07) is 8.94. The number of hydrogen-bond donors (Lipinski definition) is 1. The number of halogens is 1. The molecule has 0 spiro atoms. The van der Waals surface area contributed by atoms with Gasteiger partial charge in [0.2, 0.25) is 0 Å². The van der Waals surface area contributed by atoms with Crippen LogP contribution in [0.1, 0.15) is 30.0 Å². The zero-order chi connectivity index (χ0) is 22.4. The normalized spacial score (nSPS) is 20.5. The number of rotatable bonds is 5. The number of ether oxygens (including phenoxy) is 2. The molecular formula is C24H26FN5O3. The third-order valence-corrected chi connectivity index (χ3v) is 6.94. The first-order chi connectivity index (χ1) is 16.2. The van der Waals surface area contributed by atoms with E-state index in [-0.39, 0.29) is 17.3 Å². The zero-order valence-electron chi connectivity index (χ0n) is 18.3. The zero-order valence-corrected chi connectivity index (χ0v) is 18.3. The van der Waals surface area contributed by atoms with E-state index >= 15 is 0 Å². The molecule has 0 saturated carbocycles. The van der Waals surface area contributed by atoms with Crippen LogP contribution in [0.2, 0.25) is 0 Å². The molecule has 6 rings (SSSR count). The number of piperidine rings is 1. The van der Waals surface area contributed by atoms with Gasteiger partial charge < -0.3 is 24.3 Å². The Kier molecular flexibility index (Phi) is 5.22. The van der Waals surface area contributed by atoms with Crippen LogP contribution >= 0.6 is 0 Å². The summed E-state index contributed by atoms with van der Waals surface area (Å²) in [6.07, 6.45) is 2.01. The molecule has 2 aromatic heterocycles. The fourth-order valence-electron chi connectivity index (χ4n) is 5.29. The molecule has 1 aromatic carbocycles. The molecule has 0 radical (unpaired) electrons. The summed E-state index contributed by atoms with van der Waals surface area (Å²) < 4.78 is 27.5. The number of nitrogens with one attached hydrogen (secondary N) is 1. The monoisotopic (exact) mass is 451 g/mol. The highest BCUT2D eigenvalue weighted by atomic mass is 19.1. The predicted octanol–water partition coefficient (Wildman–Crippen LogP) is 2.05. The standard InChI is InChI=1S/C24H26FN5O3/c25-19-3-1-15-2-4-21(31)30-14-16(22(19)23(15)30)13-29-7-5-17(6-8-29)26-12-18-11-20-24(28-27-18)33-10-9-32-20/h1-4,11,16-17,26H,5-10,12-14H2/t16-/m1/s1. The molecule has 1 N–H and O–H groups in total. The molecule has 0 unspecified atom stereocenters. The molecule has 33 heavy (non-hydrogen) atoms. The minimum Gasteiger partial charge on any atom is -0.484 e. The maximum absolute atomic E-state index is 14.7. The fourth-order valence-corrected chi connectivity index (χ4v) is 5.29. The number of likely N-dealkylation sites (tertiary alicyclic amines) is 1. The molecule has 3 aliphatic heterocycles. The quantitative estimate of drug-likeness (QED) is 0.636. The minimum atomic E-state index is -0.207. The average molecular weight is 452 g/mol. The van der Waals surface area contributed by atoms with Crippen molar-refractivity contribution in [3.63, 3.8) is 0 Å². The van der Waals surface area contributed by atoms with Crippen molar-refractivity contribution in [3.05, 3.63) is 57.8 Å². The van der Waals surface area contributed by atoms with Crippen LogP contribution in [0.3, 0.4) is 0 Å². The predicted molar refractivity (Wildman–Crippen MR) is 120 cm³/mol. The topological polar surface area (TPSA) is 81.5 Å². The second-order valence-electron chi connectivity index (χ2n) is 9.04. The van der Waals surface area contributed by atoms with Crippen LogP contribution in [0, 0.1) is 5.82 Å². The maximum atomic E-state index is 14.7. The second kappa shape index (κ2) is 8.39. The van der Waals surface area contributed by atoms with Crippen LogP contribution in [-0.2, 0) is 13.1 Å². The number of hydrogen-bond acceptors (Lipinski definition) is 7. The van der Waals surface area contributed by atoms with Gasteiger partial charge in [0.1, 0.15) is 19.0 Å². The first-order valence-electron chi connectivity index (χ1n) is 11.6. The molecule has 5 heterocycles. The molecule has 0 amide bonds. The highest BCUT2D eigenvalue weighted by molar-refractivity contribution is 5.84. The molecule has 0 aliphatic carbocycles. The van der Waals surface area contributed by atoms with Gasteiger partial charge in [0.05, 0.1) is 11.2 Å². The summed E-state index contributed by atoms with van der Waals surface area (Å²) in [5.41, 5.74) is 2.24. The Morgan fingerprint density at radius 3 is 2.79 bits per heavy atom. The molecule has 9 heteroatoms. The number of aromatic nitrogens is 3. The highest BCUT2D eigenvalue weighted by Crippen LogP contribution is 2.35. The van der Waals surface area contributed by atoms with E-state index in [0.29, 0.717) is 49.5 Å². The van der Waals surface area contributed by atoms with E-state index in [9.17, 15) is 9.18 Å². The summed E-state index contributed by atoms with van der Waals surface area (Å²) in [4.78, 5) is 14.7. The number of fused-ring (bicyclic) bond motifs is 1. The maximum Gasteiger partial charge on any atom is 0.276 e. The Hall–Kier alpha value is -3.04. The first kappa shape index (κ1) is 20.6. The Balaban J connectivity index is 1.06. The third-order valence-electron chi connectivity index (χ3n) is 6.94. The number of benzene rings is 1. The molecule has 1 atom stereocenters. The molecule has 3 aliphatic rings. The molecule has 172 valence electrons. The summed E-state index contributed by atoms with van der Waals surface area (Å²) in [5, 5.41) is 12.8. The summed E-state index contributed by atoms with van der Waals surface area (Å²) in [5.74, 6) is 0.909. The van der Waals surface area contributed by atoms with Crippen molar-refractivity contribution in [1.29, 1.82) is 0 Å². The van der Waals surface area contributed by atoms with Crippen molar-refractivity contribution < 1.29 is 13.9 Å². The first-order valence-corrected chi connectivity index (χ1v) is 11.6. The lowest BCUT2D eigenvalue weighted by Gasteiger charge is -2.34. The van der Waals surface area contributed by atoms with Crippen molar-refractivity contribution in [2.75, 3.05) is 32.8 Å². The average Bonchev–Trinajstić information content (AvgIpc) is 3.23. The van der Waals surface area contributed by atoms with Crippen molar-refractivity contribution in [2.24, 2.45) is 0 Å². The van der Waals surface area contributed by atoms with E-state index in [4.69, 9.17) is 9.47 Å². The largest absolute Gasteiger partial charge is 0.484 e. The lowest BCUT2D eigenvalue weighted by Crippen LogP contribution is -2.43. The second-order valence-corrected chi connectivity index (χ2v) is 9.04. The Morgan fingerprint density at radius 2 is 1.91 bits per heavy atom. The molecule has 0 bridgehead atoms. The van der Waals surface area contributed by atoms with Gasteiger partial charge in [0.15, 0.2) is 5.75 Å². The van der Waals surface area contributed by atoms with Crippen LogP contribution in [0.5, 0.6) is 11.6 Å². The number of nitrogens with zero attached hydrogens (tertiary/aromatic N) is 4. The molecule has 3 aromatic rings. The van der Waals surface area contributed by atoms with Gasteiger partial charge in [0.25, 0.3) is 11.4 Å². The lowest BCUT2D eigenvalue weighted by molar-refractivity contribution is 0.161. The lowest BCUT2D eigenvalue weighted by atomic mass is 9.97. The van der Waals surface area contributed by atoms with Crippen molar-refractivity contribution in [2.45, 2.75) is 37.9 Å². The Morgan fingerprint density at radius 1 is 1.09 bits per heavy atom. The minimum absolute atomic E-state index is 0.00120. The van der Waals surface area contributed by atoms with E-state index in [2.05, 4.69) is 20.4 Å². The SMILES string of the molecule is O=c1ccc2ccc(F)c3c2n1C[C@H]3CN1CCC(NCc2cc3c(nn2)OCCO3)CC1. The van der Waals surface area contributed by atoms with Gasteiger partial charge in [-0.2, -0.15) is 5.10 Å². The van der Waals surface area contributed by atoms with Gasteiger partial charge in [-0.25, -0.2) is 4.39 Å². The van der Waals surface area contributed by atoms with Gasteiger partial charge in [-0.1, -0.05) is 0 Å². The van der Waals surface area contributed by atoms with Crippen LogP contribution in [0.4, 0.5) is 4.39 Å². The van der Waals surface area contributed by atoms with Crippen molar-refractivity contribution >= 4 is 10.9 Å². The smallest absolute Gasteiger partial charge is 0.276 e. The van der Waals surface area contributed by atoms with Crippen LogP contribution in [0.25, 0.3) is 10.9 Å². The summed E-state index contributed by atoms with van der Waals surface area (Å²) in [6.45, 7) is 4.84. The van der Waals surface area contributed by atoms with Crippen LogP contribution in [-0.4, -0.2) is 58.6 Å². The van der Waals surface area contributed by atoms with E-state index in [1.165, 1.54) is 6.07 Å². The Labute approximate surface area is 190 Å². The van der Waals surface area contributed by atoms with Gasteiger partial charge in [-0.15, -0.1) is 5.10 Å². The van der Waals surface area contributed by atoms with E-state index < -0.39 is 0 Å². The fraction of sp³-hybridized carbons (Fsp3) is 0.458. The van der Waals surface area contributed by atoms with Gasteiger partial charge in [-0.05, 0) is 49.5 Å². The number of pyridine rings is 1. The summed E-state index contributed by atoms with van der Waals surface area (Å²) >= 11 is 0.